The van der Waals surface area contributed by atoms with Gasteiger partial charge in [-0.15, -0.1) is 0 Å². The zero-order valence-corrected chi connectivity index (χ0v) is 16.0. The SMILES string of the molecule is CNC1COCCC(COCC(C)C)COC1=O.Cc1ccccc1. The number of likely N-dealkylation sites (N-methyl/N-ethyl adjacent to an activating group) is 1. The summed E-state index contributed by atoms with van der Waals surface area (Å²) in [5, 5.41) is 2.89. The van der Waals surface area contributed by atoms with Crippen molar-refractivity contribution < 1.29 is 19.0 Å². The first-order valence-corrected chi connectivity index (χ1v) is 9.04. The van der Waals surface area contributed by atoms with Crippen LogP contribution in [0, 0.1) is 18.8 Å². The van der Waals surface area contributed by atoms with Crippen molar-refractivity contribution in [2.24, 2.45) is 11.8 Å². The number of esters is 1. The Morgan fingerprint density at radius 1 is 1.24 bits per heavy atom. The molecule has 0 bridgehead atoms. The Morgan fingerprint density at radius 2 is 1.96 bits per heavy atom. The molecule has 5 heteroatoms. The highest BCUT2D eigenvalue weighted by Crippen LogP contribution is 2.10. The molecule has 1 saturated heterocycles. The van der Waals surface area contributed by atoms with Crippen LogP contribution in [-0.4, -0.2) is 52.1 Å². The van der Waals surface area contributed by atoms with Crippen LogP contribution in [0.4, 0.5) is 0 Å². The molecule has 1 N–H and O–H groups in total. The highest BCUT2D eigenvalue weighted by Gasteiger charge is 2.22. The van der Waals surface area contributed by atoms with Crippen LogP contribution in [-0.2, 0) is 19.0 Å². The summed E-state index contributed by atoms with van der Waals surface area (Å²) in [6.45, 7) is 9.11. The smallest absolute Gasteiger partial charge is 0.325 e. The molecule has 0 saturated carbocycles. The van der Waals surface area contributed by atoms with Crippen molar-refractivity contribution in [3.63, 3.8) is 0 Å². The van der Waals surface area contributed by atoms with Crippen LogP contribution in [0.15, 0.2) is 30.3 Å². The number of hydrogen-bond donors (Lipinski definition) is 1. The molecule has 1 aliphatic heterocycles. The quantitative estimate of drug-likeness (QED) is 0.827. The standard InChI is InChI=1S/C13H25NO4.C7H8/c1-10(2)6-17-7-11-4-5-16-9-12(14-3)13(15)18-8-11;1-7-5-3-2-4-6-7/h10-12,14H,4-9H2,1-3H3;2-6H,1H3. The predicted molar refractivity (Wildman–Crippen MR) is 99.6 cm³/mol. The Morgan fingerprint density at radius 3 is 2.52 bits per heavy atom. The van der Waals surface area contributed by atoms with Gasteiger partial charge in [0.25, 0.3) is 0 Å². The van der Waals surface area contributed by atoms with Crippen LogP contribution in [0.25, 0.3) is 0 Å². The van der Waals surface area contributed by atoms with E-state index in [1.165, 1.54) is 5.56 Å². The number of aryl methyl sites for hydroxylation is 1. The van der Waals surface area contributed by atoms with Gasteiger partial charge in [0.05, 0.1) is 19.8 Å². The van der Waals surface area contributed by atoms with Crippen LogP contribution >= 0.6 is 0 Å². The van der Waals surface area contributed by atoms with Crippen LogP contribution in [0.3, 0.4) is 0 Å². The lowest BCUT2D eigenvalue weighted by atomic mass is 10.1. The van der Waals surface area contributed by atoms with Crippen molar-refractivity contribution in [3.05, 3.63) is 35.9 Å². The van der Waals surface area contributed by atoms with Crippen molar-refractivity contribution >= 4 is 5.97 Å². The number of cyclic esters (lactones) is 1. The molecule has 5 nitrogen and oxygen atoms in total. The lowest BCUT2D eigenvalue weighted by Gasteiger charge is -2.17. The zero-order chi connectivity index (χ0) is 18.5. The molecular weight excluding hydrogens is 318 g/mol. The van der Waals surface area contributed by atoms with Gasteiger partial charge in [0.1, 0.15) is 6.04 Å². The number of benzene rings is 1. The van der Waals surface area contributed by atoms with E-state index in [-0.39, 0.29) is 17.9 Å². The second-order valence-corrected chi connectivity index (χ2v) is 6.79. The average Bonchev–Trinajstić information content (AvgIpc) is 2.67. The maximum absolute atomic E-state index is 11.7. The van der Waals surface area contributed by atoms with E-state index in [2.05, 4.69) is 38.2 Å². The van der Waals surface area contributed by atoms with E-state index in [0.29, 0.717) is 32.3 Å². The second kappa shape index (κ2) is 12.9. The molecule has 142 valence electrons. The molecule has 0 aliphatic carbocycles. The van der Waals surface area contributed by atoms with Crippen molar-refractivity contribution in [1.29, 1.82) is 0 Å². The van der Waals surface area contributed by atoms with E-state index >= 15 is 0 Å². The van der Waals surface area contributed by atoms with Crippen LogP contribution in [0.5, 0.6) is 0 Å². The molecule has 0 amide bonds. The Labute approximate surface area is 152 Å². The maximum Gasteiger partial charge on any atom is 0.325 e. The monoisotopic (exact) mass is 351 g/mol. The maximum atomic E-state index is 11.7. The summed E-state index contributed by atoms with van der Waals surface area (Å²) < 4.78 is 16.3. The summed E-state index contributed by atoms with van der Waals surface area (Å²) in [4.78, 5) is 11.7. The third-order valence-corrected chi connectivity index (χ3v) is 3.79. The topological polar surface area (TPSA) is 56.8 Å². The van der Waals surface area contributed by atoms with Crippen molar-refractivity contribution in [3.8, 4) is 0 Å². The summed E-state index contributed by atoms with van der Waals surface area (Å²) in [5.41, 5.74) is 1.32. The van der Waals surface area contributed by atoms with E-state index in [4.69, 9.17) is 14.2 Å². The Bertz CT molecular complexity index is 464. The number of hydrogen-bond acceptors (Lipinski definition) is 5. The van der Waals surface area contributed by atoms with Crippen molar-refractivity contribution in [1.82, 2.24) is 5.32 Å². The fourth-order valence-corrected chi connectivity index (χ4v) is 2.24. The molecule has 1 fully saturated rings. The van der Waals surface area contributed by atoms with Gasteiger partial charge in [0, 0.05) is 19.1 Å². The van der Waals surface area contributed by atoms with Gasteiger partial charge >= 0.3 is 5.97 Å². The summed E-state index contributed by atoms with van der Waals surface area (Å²) >= 11 is 0. The lowest BCUT2D eigenvalue weighted by molar-refractivity contribution is -0.148. The van der Waals surface area contributed by atoms with E-state index in [1.807, 2.05) is 18.2 Å². The van der Waals surface area contributed by atoms with Gasteiger partial charge in [-0.1, -0.05) is 49.7 Å². The first-order chi connectivity index (χ1) is 12.0. The molecule has 25 heavy (non-hydrogen) atoms. The molecule has 0 radical (unpaired) electrons. The van der Waals surface area contributed by atoms with Crippen molar-refractivity contribution in [2.75, 3.05) is 40.1 Å². The zero-order valence-electron chi connectivity index (χ0n) is 16.0. The Hall–Kier alpha value is -1.43. The van der Waals surface area contributed by atoms with Gasteiger partial charge in [-0.25, -0.2) is 0 Å². The minimum Gasteiger partial charge on any atom is -0.464 e. The fraction of sp³-hybridized carbons (Fsp3) is 0.650. The molecule has 0 spiro atoms. The van der Waals surface area contributed by atoms with Gasteiger partial charge in [0.15, 0.2) is 0 Å². The largest absolute Gasteiger partial charge is 0.464 e. The molecule has 0 aromatic heterocycles. The molecule has 2 atom stereocenters. The van der Waals surface area contributed by atoms with Gasteiger partial charge in [0.2, 0.25) is 0 Å². The highest BCUT2D eigenvalue weighted by atomic mass is 16.5. The fourth-order valence-electron chi connectivity index (χ4n) is 2.24. The molecule has 1 aromatic carbocycles. The average molecular weight is 351 g/mol. The summed E-state index contributed by atoms with van der Waals surface area (Å²) in [7, 11) is 1.73. The van der Waals surface area contributed by atoms with E-state index in [0.717, 1.165) is 13.0 Å². The highest BCUT2D eigenvalue weighted by molar-refractivity contribution is 5.75. The number of rotatable bonds is 5. The summed E-state index contributed by atoms with van der Waals surface area (Å²) in [6, 6.07) is 9.90. The molecule has 1 aromatic rings. The van der Waals surface area contributed by atoms with E-state index in [9.17, 15) is 4.79 Å². The van der Waals surface area contributed by atoms with Gasteiger partial charge < -0.3 is 19.5 Å². The van der Waals surface area contributed by atoms with E-state index < -0.39 is 0 Å². The Balaban J connectivity index is 0.000000370. The van der Waals surface area contributed by atoms with Crippen LogP contribution < -0.4 is 5.32 Å². The first kappa shape index (κ1) is 21.6. The molecule has 2 unspecified atom stereocenters. The van der Waals surface area contributed by atoms with Gasteiger partial charge in [-0.3, -0.25) is 4.79 Å². The summed E-state index contributed by atoms with van der Waals surface area (Å²) in [6.07, 6.45) is 0.863. The van der Waals surface area contributed by atoms with Crippen molar-refractivity contribution in [2.45, 2.75) is 33.2 Å². The lowest BCUT2D eigenvalue weighted by Crippen LogP contribution is -2.39. The van der Waals surface area contributed by atoms with Crippen LogP contribution in [0.1, 0.15) is 25.8 Å². The minimum atomic E-state index is -0.361. The predicted octanol–water partition coefficient (Wildman–Crippen LogP) is 2.82. The summed E-state index contributed by atoms with van der Waals surface area (Å²) in [5.74, 6) is 0.505. The van der Waals surface area contributed by atoms with E-state index in [1.54, 1.807) is 7.05 Å². The third-order valence-electron chi connectivity index (χ3n) is 3.79. The number of carbonyl (C=O) groups is 1. The van der Waals surface area contributed by atoms with Crippen LogP contribution in [0.2, 0.25) is 0 Å². The molecule has 1 heterocycles. The number of carbonyl (C=O) groups excluding carboxylic acids is 1. The van der Waals surface area contributed by atoms with Gasteiger partial charge in [-0.2, -0.15) is 0 Å². The Kier molecular flexibility index (Phi) is 11.1. The molecular formula is C20H33NO4. The molecule has 2 rings (SSSR count). The second-order valence-electron chi connectivity index (χ2n) is 6.79. The number of ether oxygens (including phenoxy) is 3. The third kappa shape index (κ3) is 10.2. The van der Waals surface area contributed by atoms with Gasteiger partial charge in [-0.05, 0) is 26.3 Å². The molecule has 1 aliphatic rings. The normalized spacial score (nSPS) is 21.4. The first-order valence-electron chi connectivity index (χ1n) is 9.04. The number of nitrogens with one attached hydrogen (secondary N) is 1. The minimum absolute atomic E-state index is 0.225.